The molecular weight excluding hydrogens is 334 g/mol. The first-order chi connectivity index (χ1) is 12.6. The molecule has 0 unspecified atom stereocenters. The zero-order chi connectivity index (χ0) is 18.8. The average Bonchev–Trinajstić information content (AvgIpc) is 2.66. The minimum atomic E-state index is -0.906. The van der Waals surface area contributed by atoms with E-state index in [2.05, 4.69) is 10.6 Å². The molecule has 0 heterocycles. The van der Waals surface area contributed by atoms with Crippen molar-refractivity contribution in [2.45, 2.75) is 19.1 Å². The van der Waals surface area contributed by atoms with Gasteiger partial charge in [-0.1, -0.05) is 42.5 Å². The van der Waals surface area contributed by atoms with Gasteiger partial charge in [-0.2, -0.15) is 5.26 Å². The lowest BCUT2D eigenvalue weighted by Gasteiger charge is -2.18. The molecular formula is C19H19N3O4. The van der Waals surface area contributed by atoms with E-state index < -0.39 is 18.0 Å². The molecule has 7 nitrogen and oxygen atoms in total. The minimum absolute atomic E-state index is 0.0818. The van der Waals surface area contributed by atoms with Crippen LogP contribution in [-0.4, -0.2) is 29.7 Å². The van der Waals surface area contributed by atoms with Gasteiger partial charge >= 0.3 is 6.09 Å². The van der Waals surface area contributed by atoms with Crippen LogP contribution in [0.3, 0.4) is 0 Å². The lowest BCUT2D eigenvalue weighted by atomic mass is 10.1. The molecule has 0 radical (unpaired) electrons. The third-order valence-electron chi connectivity index (χ3n) is 3.54. The van der Waals surface area contributed by atoms with Crippen molar-refractivity contribution in [1.29, 1.82) is 5.26 Å². The predicted molar refractivity (Wildman–Crippen MR) is 94.0 cm³/mol. The first-order valence-electron chi connectivity index (χ1n) is 7.98. The monoisotopic (exact) mass is 353 g/mol. The van der Waals surface area contributed by atoms with E-state index in [0.29, 0.717) is 0 Å². The largest absolute Gasteiger partial charge is 0.508 e. The average molecular weight is 353 g/mol. The van der Waals surface area contributed by atoms with Crippen molar-refractivity contribution in [3.63, 3.8) is 0 Å². The topological polar surface area (TPSA) is 111 Å². The van der Waals surface area contributed by atoms with E-state index in [1.165, 1.54) is 12.1 Å². The summed E-state index contributed by atoms with van der Waals surface area (Å²) >= 11 is 0. The van der Waals surface area contributed by atoms with E-state index in [1.54, 1.807) is 12.1 Å². The molecule has 0 aliphatic heterocycles. The van der Waals surface area contributed by atoms with E-state index in [9.17, 15) is 14.7 Å². The highest BCUT2D eigenvalue weighted by molar-refractivity contribution is 5.86. The minimum Gasteiger partial charge on any atom is -0.508 e. The van der Waals surface area contributed by atoms with Crippen LogP contribution in [0, 0.1) is 11.3 Å². The van der Waals surface area contributed by atoms with Crippen LogP contribution in [0.1, 0.15) is 11.1 Å². The summed E-state index contributed by atoms with van der Waals surface area (Å²) in [6, 6.07) is 16.4. The van der Waals surface area contributed by atoms with Gasteiger partial charge in [0.15, 0.2) is 0 Å². The Kier molecular flexibility index (Phi) is 7.01. The first-order valence-corrected chi connectivity index (χ1v) is 7.98. The number of hydrogen-bond acceptors (Lipinski definition) is 5. The molecule has 2 aromatic carbocycles. The summed E-state index contributed by atoms with van der Waals surface area (Å²) < 4.78 is 5.13. The molecule has 2 rings (SSSR count). The van der Waals surface area contributed by atoms with Crippen LogP contribution < -0.4 is 10.6 Å². The number of alkyl carbamates (subject to hydrolysis) is 1. The van der Waals surface area contributed by atoms with Gasteiger partial charge in [-0.25, -0.2) is 4.79 Å². The zero-order valence-electron chi connectivity index (χ0n) is 14.0. The number of phenolic OH excluding ortho intramolecular Hbond substituents is 1. The molecule has 0 bridgehead atoms. The highest BCUT2D eigenvalue weighted by atomic mass is 16.5. The summed E-state index contributed by atoms with van der Waals surface area (Å²) in [4.78, 5) is 24.2. The number of nitrogens with zero attached hydrogens (tertiary/aromatic N) is 1. The summed E-state index contributed by atoms with van der Waals surface area (Å²) in [5.74, 6) is -0.384. The number of phenols is 1. The van der Waals surface area contributed by atoms with Gasteiger partial charge in [0.2, 0.25) is 5.91 Å². The summed E-state index contributed by atoms with van der Waals surface area (Å²) in [6.07, 6.45) is -0.539. The molecule has 7 heteroatoms. The van der Waals surface area contributed by atoms with Gasteiger partial charge in [0, 0.05) is 6.42 Å². The number of benzene rings is 2. The third kappa shape index (κ3) is 6.17. The highest BCUT2D eigenvalue weighted by Gasteiger charge is 2.21. The molecule has 0 spiro atoms. The molecule has 0 saturated carbocycles. The van der Waals surface area contributed by atoms with Crippen molar-refractivity contribution in [3.8, 4) is 11.8 Å². The van der Waals surface area contributed by atoms with Crippen LogP contribution in [-0.2, 0) is 22.6 Å². The number of nitrogens with one attached hydrogen (secondary N) is 2. The normalized spacial score (nSPS) is 11.0. The molecule has 3 N–H and O–H groups in total. The second-order valence-electron chi connectivity index (χ2n) is 5.51. The van der Waals surface area contributed by atoms with Crippen LogP contribution in [0.4, 0.5) is 4.79 Å². The smallest absolute Gasteiger partial charge is 0.408 e. The summed E-state index contributed by atoms with van der Waals surface area (Å²) in [6.45, 7) is -0.0793. The van der Waals surface area contributed by atoms with Crippen molar-refractivity contribution >= 4 is 12.0 Å². The SMILES string of the molecule is N#CCNC(=O)[C@H](Cc1ccc(O)cc1)NC(=O)OCc1ccccc1. The van der Waals surface area contributed by atoms with Crippen LogP contribution >= 0.6 is 0 Å². The summed E-state index contributed by atoms with van der Waals surface area (Å²) in [7, 11) is 0. The third-order valence-corrected chi connectivity index (χ3v) is 3.54. The number of aromatic hydroxyl groups is 1. The first kappa shape index (κ1) is 18.8. The lowest BCUT2D eigenvalue weighted by Crippen LogP contribution is -2.48. The Morgan fingerprint density at radius 1 is 1.08 bits per heavy atom. The Morgan fingerprint density at radius 3 is 2.42 bits per heavy atom. The van der Waals surface area contributed by atoms with Gasteiger partial charge in [0.25, 0.3) is 0 Å². The van der Waals surface area contributed by atoms with Crippen molar-refractivity contribution in [2.24, 2.45) is 0 Å². The van der Waals surface area contributed by atoms with Gasteiger partial charge < -0.3 is 20.5 Å². The fourth-order valence-electron chi connectivity index (χ4n) is 2.23. The fourth-order valence-corrected chi connectivity index (χ4v) is 2.23. The summed E-state index contributed by atoms with van der Waals surface area (Å²) in [5.41, 5.74) is 1.56. The molecule has 0 aromatic heterocycles. The quantitative estimate of drug-likeness (QED) is 0.658. The molecule has 1 atom stereocenters. The Labute approximate surface area is 151 Å². The van der Waals surface area contributed by atoms with Crippen LogP contribution in [0.5, 0.6) is 5.75 Å². The van der Waals surface area contributed by atoms with E-state index >= 15 is 0 Å². The summed E-state index contributed by atoms with van der Waals surface area (Å²) in [5, 5.41) is 22.9. The Morgan fingerprint density at radius 2 is 1.77 bits per heavy atom. The number of carbonyl (C=O) groups excluding carboxylic acids is 2. The molecule has 0 aliphatic rings. The predicted octanol–water partition coefficient (Wildman–Crippen LogP) is 1.87. The molecule has 2 aromatic rings. The maximum atomic E-state index is 12.2. The number of nitriles is 1. The zero-order valence-corrected chi connectivity index (χ0v) is 14.0. The van der Waals surface area contributed by atoms with E-state index in [1.807, 2.05) is 36.4 Å². The Hall–Kier alpha value is -3.53. The Bertz CT molecular complexity index is 770. The van der Waals surface area contributed by atoms with Crippen molar-refractivity contribution < 1.29 is 19.4 Å². The number of amides is 2. The Balaban J connectivity index is 1.97. The van der Waals surface area contributed by atoms with Gasteiger partial charge in [-0.3, -0.25) is 4.79 Å². The maximum Gasteiger partial charge on any atom is 0.408 e. The van der Waals surface area contributed by atoms with Gasteiger partial charge in [-0.05, 0) is 23.3 Å². The van der Waals surface area contributed by atoms with Crippen LogP contribution in [0.2, 0.25) is 0 Å². The van der Waals surface area contributed by atoms with Crippen LogP contribution in [0.25, 0.3) is 0 Å². The van der Waals surface area contributed by atoms with Gasteiger partial charge in [-0.15, -0.1) is 0 Å². The van der Waals surface area contributed by atoms with Gasteiger partial charge in [0.1, 0.15) is 24.9 Å². The van der Waals surface area contributed by atoms with E-state index in [0.717, 1.165) is 11.1 Å². The van der Waals surface area contributed by atoms with Gasteiger partial charge in [0.05, 0.1) is 6.07 Å². The number of ether oxygens (including phenoxy) is 1. The molecule has 0 fully saturated rings. The number of carbonyl (C=O) groups is 2. The second kappa shape index (κ2) is 9.69. The number of hydrogen-bond donors (Lipinski definition) is 3. The van der Waals surface area contributed by atoms with Crippen molar-refractivity contribution in [3.05, 3.63) is 65.7 Å². The van der Waals surface area contributed by atoms with E-state index in [4.69, 9.17) is 10.00 Å². The standard InChI is InChI=1S/C19H19N3O4/c20-10-11-21-18(24)17(12-14-6-8-16(23)9-7-14)22-19(25)26-13-15-4-2-1-3-5-15/h1-9,17,23H,11-13H2,(H,21,24)(H,22,25)/t17-/m0/s1. The van der Waals surface area contributed by atoms with Crippen molar-refractivity contribution in [1.82, 2.24) is 10.6 Å². The molecule has 134 valence electrons. The second-order valence-corrected chi connectivity index (χ2v) is 5.51. The number of rotatable bonds is 7. The van der Waals surface area contributed by atoms with E-state index in [-0.39, 0.29) is 25.3 Å². The maximum absolute atomic E-state index is 12.2. The highest BCUT2D eigenvalue weighted by Crippen LogP contribution is 2.11. The lowest BCUT2D eigenvalue weighted by molar-refractivity contribution is -0.122. The van der Waals surface area contributed by atoms with Crippen molar-refractivity contribution in [2.75, 3.05) is 6.54 Å². The molecule has 26 heavy (non-hydrogen) atoms. The molecule has 0 saturated heterocycles. The fraction of sp³-hybridized carbons (Fsp3) is 0.211. The van der Waals surface area contributed by atoms with Crippen LogP contribution in [0.15, 0.2) is 54.6 Å². The molecule has 2 amide bonds. The molecule has 0 aliphatic carbocycles.